The van der Waals surface area contributed by atoms with Crippen molar-refractivity contribution < 1.29 is 24.2 Å². The molecule has 0 fully saturated rings. The Hall–Kier alpha value is -2.41. The first-order valence-electron chi connectivity index (χ1n) is 5.10. The van der Waals surface area contributed by atoms with Crippen LogP contribution in [0.25, 0.3) is 0 Å². The molecule has 0 atom stereocenters. The molecule has 1 aromatic heterocycles. The Balaban J connectivity index is 2.31. The first-order chi connectivity index (χ1) is 9.00. The molecule has 0 aliphatic heterocycles. The van der Waals surface area contributed by atoms with Crippen molar-refractivity contribution in [3.05, 3.63) is 46.6 Å². The molecule has 7 heteroatoms. The second kappa shape index (κ2) is 5.07. The molecule has 19 heavy (non-hydrogen) atoms. The van der Waals surface area contributed by atoms with E-state index < -0.39 is 29.0 Å². The number of benzene rings is 1. The van der Waals surface area contributed by atoms with Gasteiger partial charge in [-0.25, -0.2) is 9.18 Å². The number of anilines is 1. The number of rotatable bonds is 3. The van der Waals surface area contributed by atoms with Crippen LogP contribution < -0.4 is 5.32 Å². The third-order valence-electron chi connectivity index (χ3n) is 2.34. The lowest BCUT2D eigenvalue weighted by Crippen LogP contribution is -2.15. The Kier molecular flexibility index (Phi) is 3.48. The molecule has 0 aliphatic carbocycles. The number of carboxylic acids is 1. The van der Waals surface area contributed by atoms with Crippen LogP contribution in [0.3, 0.4) is 0 Å². The minimum absolute atomic E-state index is 0.0835. The number of phenols is 1. The van der Waals surface area contributed by atoms with Crippen LogP contribution in [0.15, 0.2) is 29.6 Å². The fourth-order valence-corrected chi connectivity index (χ4v) is 2.25. The summed E-state index contributed by atoms with van der Waals surface area (Å²) in [5, 5.41) is 22.2. The zero-order valence-electron chi connectivity index (χ0n) is 9.38. The molecule has 0 radical (unpaired) electrons. The fourth-order valence-electron chi connectivity index (χ4n) is 1.48. The topological polar surface area (TPSA) is 86.6 Å². The highest BCUT2D eigenvalue weighted by molar-refractivity contribution is 7.14. The molecule has 3 N–H and O–H groups in total. The second-order valence-corrected chi connectivity index (χ2v) is 4.47. The largest absolute Gasteiger partial charge is 0.507 e. The summed E-state index contributed by atoms with van der Waals surface area (Å²) in [6.07, 6.45) is 0. The van der Waals surface area contributed by atoms with Gasteiger partial charge < -0.3 is 15.5 Å². The van der Waals surface area contributed by atoms with Crippen molar-refractivity contribution in [2.75, 3.05) is 5.32 Å². The molecule has 0 saturated heterocycles. The van der Waals surface area contributed by atoms with E-state index in [9.17, 15) is 19.1 Å². The van der Waals surface area contributed by atoms with Crippen LogP contribution in [0.4, 0.5) is 9.39 Å². The Morgan fingerprint density at radius 3 is 2.63 bits per heavy atom. The van der Waals surface area contributed by atoms with E-state index in [-0.39, 0.29) is 10.6 Å². The number of carbonyl (C=O) groups is 2. The van der Waals surface area contributed by atoms with Gasteiger partial charge in [-0.1, -0.05) is 6.07 Å². The summed E-state index contributed by atoms with van der Waals surface area (Å²) in [4.78, 5) is 22.7. The van der Waals surface area contributed by atoms with Crippen molar-refractivity contribution in [1.29, 1.82) is 0 Å². The maximum atomic E-state index is 13.5. The minimum Gasteiger partial charge on any atom is -0.507 e. The number of aromatic carboxylic acids is 1. The van der Waals surface area contributed by atoms with Crippen molar-refractivity contribution in [3.8, 4) is 5.75 Å². The van der Waals surface area contributed by atoms with E-state index in [4.69, 9.17) is 5.11 Å². The highest BCUT2D eigenvalue weighted by Gasteiger charge is 2.19. The molecule has 0 spiro atoms. The van der Waals surface area contributed by atoms with Gasteiger partial charge >= 0.3 is 5.97 Å². The molecule has 2 rings (SSSR count). The molecular formula is C12H8FNO4S. The Bertz CT molecular complexity index is 633. The van der Waals surface area contributed by atoms with Gasteiger partial charge in [-0.05, 0) is 23.6 Å². The summed E-state index contributed by atoms with van der Waals surface area (Å²) in [6.45, 7) is 0. The summed E-state index contributed by atoms with van der Waals surface area (Å²) in [7, 11) is 0. The molecule has 5 nitrogen and oxygen atoms in total. The quantitative estimate of drug-likeness (QED) is 0.807. The summed E-state index contributed by atoms with van der Waals surface area (Å²) in [5.41, 5.74) is -0.610. The number of carboxylic acid groups (broad SMARTS) is 1. The van der Waals surface area contributed by atoms with Crippen LogP contribution in [0.5, 0.6) is 5.75 Å². The van der Waals surface area contributed by atoms with Crippen LogP contribution in [-0.4, -0.2) is 22.1 Å². The van der Waals surface area contributed by atoms with Gasteiger partial charge in [0, 0.05) is 0 Å². The number of nitrogens with one attached hydrogen (secondary N) is 1. The van der Waals surface area contributed by atoms with Gasteiger partial charge in [0.15, 0.2) is 0 Å². The van der Waals surface area contributed by atoms with Crippen LogP contribution in [0.1, 0.15) is 20.7 Å². The van der Waals surface area contributed by atoms with Gasteiger partial charge in [0.2, 0.25) is 0 Å². The molecule has 0 saturated carbocycles. The highest BCUT2D eigenvalue weighted by atomic mass is 32.1. The molecule has 0 bridgehead atoms. The zero-order chi connectivity index (χ0) is 14.0. The Morgan fingerprint density at radius 2 is 2.00 bits per heavy atom. The van der Waals surface area contributed by atoms with E-state index in [0.717, 1.165) is 17.4 Å². The smallest absolute Gasteiger partial charge is 0.338 e. The average Bonchev–Trinajstić information content (AvgIpc) is 2.76. The molecule has 0 aliphatic rings. The van der Waals surface area contributed by atoms with E-state index in [0.29, 0.717) is 0 Å². The second-order valence-electron chi connectivity index (χ2n) is 3.56. The SMILES string of the molecule is O=C(O)c1ccsc1NC(=O)c1c(O)cccc1F. The number of thiophene rings is 1. The third-order valence-corrected chi connectivity index (χ3v) is 3.17. The van der Waals surface area contributed by atoms with Gasteiger partial charge in [-0.3, -0.25) is 4.79 Å². The van der Waals surface area contributed by atoms with Crippen LogP contribution in [-0.2, 0) is 0 Å². The van der Waals surface area contributed by atoms with E-state index >= 15 is 0 Å². The van der Waals surface area contributed by atoms with E-state index in [1.54, 1.807) is 0 Å². The van der Waals surface area contributed by atoms with Gasteiger partial charge in [0.1, 0.15) is 22.1 Å². The van der Waals surface area contributed by atoms with Crippen molar-refractivity contribution in [3.63, 3.8) is 0 Å². The molecular weight excluding hydrogens is 273 g/mol. The number of aromatic hydroxyl groups is 1. The van der Waals surface area contributed by atoms with Gasteiger partial charge in [-0.2, -0.15) is 0 Å². The normalized spacial score (nSPS) is 10.2. The highest BCUT2D eigenvalue weighted by Crippen LogP contribution is 2.26. The lowest BCUT2D eigenvalue weighted by molar-refractivity contribution is 0.0698. The Morgan fingerprint density at radius 1 is 1.26 bits per heavy atom. The third kappa shape index (κ3) is 2.55. The summed E-state index contributed by atoms with van der Waals surface area (Å²) >= 11 is 0.996. The number of phenolic OH excluding ortho intramolecular Hbond substituents is 1. The predicted octanol–water partition coefficient (Wildman–Crippen LogP) is 2.54. The summed E-state index contributed by atoms with van der Waals surface area (Å²) < 4.78 is 13.5. The monoisotopic (exact) mass is 281 g/mol. The molecule has 1 heterocycles. The molecule has 0 unspecified atom stereocenters. The first kappa shape index (κ1) is 13.0. The van der Waals surface area contributed by atoms with Crippen molar-refractivity contribution >= 4 is 28.2 Å². The molecule has 98 valence electrons. The lowest BCUT2D eigenvalue weighted by Gasteiger charge is -2.06. The minimum atomic E-state index is -1.20. The van der Waals surface area contributed by atoms with Crippen molar-refractivity contribution in [2.45, 2.75) is 0 Å². The van der Waals surface area contributed by atoms with E-state index in [1.807, 2.05) is 0 Å². The van der Waals surface area contributed by atoms with Crippen LogP contribution in [0, 0.1) is 5.82 Å². The Labute approximate surface area is 110 Å². The molecule has 1 aromatic carbocycles. The summed E-state index contributed by atoms with van der Waals surface area (Å²) in [6, 6.07) is 4.78. The average molecular weight is 281 g/mol. The number of hydrogen-bond donors (Lipinski definition) is 3. The predicted molar refractivity (Wildman–Crippen MR) is 67.3 cm³/mol. The van der Waals surface area contributed by atoms with Crippen LogP contribution in [0.2, 0.25) is 0 Å². The first-order valence-corrected chi connectivity index (χ1v) is 5.98. The fraction of sp³-hybridized carbons (Fsp3) is 0. The maximum Gasteiger partial charge on any atom is 0.338 e. The van der Waals surface area contributed by atoms with Gasteiger partial charge in [0.25, 0.3) is 5.91 Å². The number of halogens is 1. The zero-order valence-corrected chi connectivity index (χ0v) is 10.2. The number of amides is 1. The maximum absolute atomic E-state index is 13.5. The van der Waals surface area contributed by atoms with Gasteiger partial charge in [-0.15, -0.1) is 11.3 Å². The van der Waals surface area contributed by atoms with Crippen molar-refractivity contribution in [2.24, 2.45) is 0 Å². The summed E-state index contributed by atoms with van der Waals surface area (Å²) in [5.74, 6) is -3.49. The van der Waals surface area contributed by atoms with Gasteiger partial charge in [0.05, 0.1) is 5.56 Å². The number of carbonyl (C=O) groups excluding carboxylic acids is 1. The molecule has 2 aromatic rings. The van der Waals surface area contributed by atoms with Crippen molar-refractivity contribution in [1.82, 2.24) is 0 Å². The van der Waals surface area contributed by atoms with Crippen LogP contribution >= 0.6 is 11.3 Å². The number of hydrogen-bond acceptors (Lipinski definition) is 4. The molecule has 1 amide bonds. The van der Waals surface area contributed by atoms with E-state index in [1.165, 1.54) is 23.6 Å². The standard InChI is InChI=1S/C12H8FNO4S/c13-7-2-1-3-8(15)9(7)10(16)14-11-6(12(17)18)4-5-19-11/h1-5,15H,(H,14,16)(H,17,18). The lowest BCUT2D eigenvalue weighted by atomic mass is 10.1. The van der Waals surface area contributed by atoms with E-state index in [2.05, 4.69) is 5.32 Å².